The number of likely N-dealkylation sites (tertiary alicyclic amines) is 1. The van der Waals surface area contributed by atoms with Gasteiger partial charge in [0.05, 0.1) is 6.04 Å². The van der Waals surface area contributed by atoms with E-state index < -0.39 is 0 Å². The van der Waals surface area contributed by atoms with E-state index in [1.807, 2.05) is 29.2 Å². The first-order chi connectivity index (χ1) is 10.7. The monoisotopic (exact) mass is 294 g/mol. The lowest BCUT2D eigenvalue weighted by Gasteiger charge is -2.25. The van der Waals surface area contributed by atoms with Gasteiger partial charge in [-0.1, -0.05) is 26.0 Å². The minimum Gasteiger partial charge on any atom is -0.332 e. The summed E-state index contributed by atoms with van der Waals surface area (Å²) in [5.41, 5.74) is 3.23. The molecule has 3 nitrogen and oxygen atoms in total. The molecule has 0 N–H and O–H groups in total. The van der Waals surface area contributed by atoms with Crippen molar-refractivity contribution < 1.29 is 4.79 Å². The summed E-state index contributed by atoms with van der Waals surface area (Å²) in [4.78, 5) is 18.9. The smallest absolute Gasteiger partial charge is 0.254 e. The van der Waals surface area contributed by atoms with Gasteiger partial charge >= 0.3 is 0 Å². The van der Waals surface area contributed by atoms with E-state index in [-0.39, 0.29) is 11.9 Å². The third kappa shape index (κ3) is 2.89. The zero-order chi connectivity index (χ0) is 15.5. The van der Waals surface area contributed by atoms with Crippen molar-refractivity contribution >= 4 is 5.91 Å². The molecule has 1 fully saturated rings. The van der Waals surface area contributed by atoms with Gasteiger partial charge in [-0.2, -0.15) is 0 Å². The molecule has 2 heterocycles. The molecule has 1 saturated heterocycles. The summed E-state index contributed by atoms with van der Waals surface area (Å²) >= 11 is 0. The summed E-state index contributed by atoms with van der Waals surface area (Å²) in [5.74, 6) is 0.620. The standard InChI is InChI=1S/C19H22N2O/c1-14(2)15-5-7-17(8-6-15)19(22)21-13-3-4-18(21)16-9-11-20-12-10-16/h5-12,14,18H,3-4,13H2,1-2H3. The minimum atomic E-state index is 0.134. The average Bonchev–Trinajstić information content (AvgIpc) is 3.04. The van der Waals surface area contributed by atoms with Gasteiger partial charge < -0.3 is 4.90 Å². The molecule has 1 amide bonds. The maximum atomic E-state index is 12.8. The molecule has 0 aliphatic carbocycles. The molecule has 1 atom stereocenters. The number of pyridine rings is 1. The molecule has 22 heavy (non-hydrogen) atoms. The highest BCUT2D eigenvalue weighted by Crippen LogP contribution is 2.32. The number of hydrogen-bond donors (Lipinski definition) is 0. The van der Waals surface area contributed by atoms with E-state index >= 15 is 0 Å². The molecular weight excluding hydrogens is 272 g/mol. The first kappa shape index (κ1) is 14.8. The van der Waals surface area contributed by atoms with Crippen molar-refractivity contribution in [2.45, 2.75) is 38.6 Å². The Morgan fingerprint density at radius 2 is 1.82 bits per heavy atom. The number of benzene rings is 1. The number of amides is 1. The fraction of sp³-hybridized carbons (Fsp3) is 0.368. The van der Waals surface area contributed by atoms with Crippen molar-refractivity contribution in [3.63, 3.8) is 0 Å². The number of rotatable bonds is 3. The van der Waals surface area contributed by atoms with E-state index in [2.05, 4.69) is 31.0 Å². The molecule has 0 saturated carbocycles. The van der Waals surface area contributed by atoms with Gasteiger partial charge in [0.15, 0.2) is 0 Å². The zero-order valence-electron chi connectivity index (χ0n) is 13.2. The van der Waals surface area contributed by atoms with E-state index in [0.717, 1.165) is 24.9 Å². The Kier molecular flexibility index (Phi) is 4.23. The summed E-state index contributed by atoms with van der Waals surface area (Å²) in [6.45, 7) is 5.16. The molecule has 1 aromatic heterocycles. The highest BCUT2D eigenvalue weighted by molar-refractivity contribution is 5.94. The SMILES string of the molecule is CC(C)c1ccc(C(=O)N2CCCC2c2ccncc2)cc1. The van der Waals surface area contributed by atoms with Crippen LogP contribution in [0.4, 0.5) is 0 Å². The van der Waals surface area contributed by atoms with E-state index in [9.17, 15) is 4.79 Å². The maximum absolute atomic E-state index is 12.8. The Hall–Kier alpha value is -2.16. The molecule has 1 unspecified atom stereocenters. The van der Waals surface area contributed by atoms with Crippen LogP contribution in [0, 0.1) is 0 Å². The molecule has 114 valence electrons. The molecule has 1 aliphatic rings. The van der Waals surface area contributed by atoms with Crippen molar-refractivity contribution in [1.29, 1.82) is 0 Å². The van der Waals surface area contributed by atoms with E-state index in [0.29, 0.717) is 5.92 Å². The van der Waals surface area contributed by atoms with Crippen LogP contribution < -0.4 is 0 Å². The van der Waals surface area contributed by atoms with Crippen LogP contribution in [0.2, 0.25) is 0 Å². The topological polar surface area (TPSA) is 33.2 Å². The second-order valence-electron chi connectivity index (χ2n) is 6.21. The summed E-state index contributed by atoms with van der Waals surface area (Å²) in [5, 5.41) is 0. The van der Waals surface area contributed by atoms with Crippen LogP contribution in [0.1, 0.15) is 60.1 Å². The Bertz CT molecular complexity index is 634. The van der Waals surface area contributed by atoms with Crippen LogP contribution in [0.3, 0.4) is 0 Å². The second-order valence-corrected chi connectivity index (χ2v) is 6.21. The Morgan fingerprint density at radius 3 is 2.45 bits per heavy atom. The van der Waals surface area contributed by atoms with Gasteiger partial charge in [0.1, 0.15) is 0 Å². The lowest BCUT2D eigenvalue weighted by molar-refractivity contribution is 0.0735. The Balaban J connectivity index is 1.81. The van der Waals surface area contributed by atoms with E-state index in [4.69, 9.17) is 0 Å². The third-order valence-electron chi connectivity index (χ3n) is 4.43. The maximum Gasteiger partial charge on any atom is 0.254 e. The number of carbonyl (C=O) groups excluding carboxylic acids is 1. The van der Waals surface area contributed by atoms with Crippen molar-refractivity contribution in [2.24, 2.45) is 0 Å². The molecule has 2 aromatic rings. The van der Waals surface area contributed by atoms with Gasteiger partial charge in [-0.05, 0) is 54.2 Å². The second kappa shape index (κ2) is 6.30. The molecule has 3 rings (SSSR count). The normalized spacial score (nSPS) is 18.0. The first-order valence-corrected chi connectivity index (χ1v) is 7.97. The number of nitrogens with zero attached hydrogens (tertiary/aromatic N) is 2. The quantitative estimate of drug-likeness (QED) is 0.850. The molecule has 1 aliphatic heterocycles. The van der Waals surface area contributed by atoms with E-state index in [1.54, 1.807) is 12.4 Å². The van der Waals surface area contributed by atoms with Gasteiger partial charge in [-0.3, -0.25) is 9.78 Å². The fourth-order valence-electron chi connectivity index (χ4n) is 3.12. The molecule has 0 radical (unpaired) electrons. The Labute approximate surface area is 132 Å². The minimum absolute atomic E-state index is 0.134. The molecule has 1 aromatic carbocycles. The Morgan fingerprint density at radius 1 is 1.14 bits per heavy atom. The molecule has 0 spiro atoms. The van der Waals surface area contributed by atoms with Crippen molar-refractivity contribution in [1.82, 2.24) is 9.88 Å². The predicted molar refractivity (Wildman–Crippen MR) is 87.8 cm³/mol. The fourth-order valence-corrected chi connectivity index (χ4v) is 3.12. The highest BCUT2D eigenvalue weighted by atomic mass is 16.2. The summed E-state index contributed by atoms with van der Waals surface area (Å²) in [7, 11) is 0. The number of carbonyl (C=O) groups is 1. The zero-order valence-corrected chi connectivity index (χ0v) is 13.2. The van der Waals surface area contributed by atoms with Crippen molar-refractivity contribution in [3.05, 3.63) is 65.5 Å². The lowest BCUT2D eigenvalue weighted by atomic mass is 10.0. The molecule has 3 heteroatoms. The summed E-state index contributed by atoms with van der Waals surface area (Å²) in [6, 6.07) is 12.3. The van der Waals surface area contributed by atoms with Crippen LogP contribution in [-0.2, 0) is 0 Å². The van der Waals surface area contributed by atoms with Gasteiger partial charge in [0.25, 0.3) is 5.91 Å². The third-order valence-corrected chi connectivity index (χ3v) is 4.43. The summed E-state index contributed by atoms with van der Waals surface area (Å²) < 4.78 is 0. The van der Waals surface area contributed by atoms with Crippen LogP contribution in [0.15, 0.2) is 48.8 Å². The van der Waals surface area contributed by atoms with Crippen LogP contribution in [-0.4, -0.2) is 22.3 Å². The van der Waals surface area contributed by atoms with Crippen LogP contribution in [0.25, 0.3) is 0 Å². The highest BCUT2D eigenvalue weighted by Gasteiger charge is 2.30. The largest absolute Gasteiger partial charge is 0.332 e. The summed E-state index contributed by atoms with van der Waals surface area (Å²) in [6.07, 6.45) is 5.68. The van der Waals surface area contributed by atoms with E-state index in [1.165, 1.54) is 11.1 Å². The molecule has 0 bridgehead atoms. The molecular formula is C19H22N2O. The van der Waals surface area contributed by atoms with Gasteiger partial charge in [0, 0.05) is 24.5 Å². The average molecular weight is 294 g/mol. The van der Waals surface area contributed by atoms with Crippen molar-refractivity contribution in [3.8, 4) is 0 Å². The first-order valence-electron chi connectivity index (χ1n) is 7.97. The van der Waals surface area contributed by atoms with Gasteiger partial charge in [-0.15, -0.1) is 0 Å². The lowest BCUT2D eigenvalue weighted by Crippen LogP contribution is -2.30. The van der Waals surface area contributed by atoms with Gasteiger partial charge in [-0.25, -0.2) is 0 Å². The van der Waals surface area contributed by atoms with Crippen LogP contribution >= 0.6 is 0 Å². The number of hydrogen-bond acceptors (Lipinski definition) is 2. The van der Waals surface area contributed by atoms with Crippen LogP contribution in [0.5, 0.6) is 0 Å². The number of aromatic nitrogens is 1. The van der Waals surface area contributed by atoms with Crippen molar-refractivity contribution in [2.75, 3.05) is 6.54 Å². The predicted octanol–water partition coefficient (Wildman–Crippen LogP) is 4.18. The van der Waals surface area contributed by atoms with Gasteiger partial charge in [0.2, 0.25) is 0 Å².